The fraction of sp³-hybridized carbons (Fsp3) is 0.611. The number of nitrogens with one attached hydrogen (secondary N) is 1. The lowest BCUT2D eigenvalue weighted by molar-refractivity contribution is 0.0500. The van der Waals surface area contributed by atoms with Gasteiger partial charge in [-0.2, -0.15) is 0 Å². The number of urea groups is 1. The van der Waals surface area contributed by atoms with Gasteiger partial charge in [-0.25, -0.2) is 9.18 Å². The maximum absolute atomic E-state index is 13.2. The Morgan fingerprint density at radius 1 is 1.29 bits per heavy atom. The van der Waals surface area contributed by atoms with Crippen molar-refractivity contribution >= 4 is 6.03 Å². The molecule has 0 saturated carbocycles. The highest BCUT2D eigenvalue weighted by molar-refractivity contribution is 5.74. The third kappa shape index (κ3) is 4.68. The number of amides is 2. The summed E-state index contributed by atoms with van der Waals surface area (Å²) in [5.41, 5.74) is 0.787. The largest absolute Gasteiger partial charge is 0.395 e. The highest BCUT2D eigenvalue weighted by Crippen LogP contribution is 2.34. The van der Waals surface area contributed by atoms with E-state index in [1.165, 1.54) is 12.1 Å². The van der Waals surface area contributed by atoms with Crippen LogP contribution >= 0.6 is 0 Å². The SMILES string of the molecule is CCCN(CCO)C(=O)NCC1(c2ccc(F)cc2)CCOCC1. The molecule has 1 aliphatic rings. The third-order valence-corrected chi connectivity index (χ3v) is 4.64. The molecule has 0 bridgehead atoms. The molecule has 1 aromatic carbocycles. The number of hydrogen-bond acceptors (Lipinski definition) is 3. The highest BCUT2D eigenvalue weighted by atomic mass is 19.1. The predicted octanol–water partition coefficient (Wildman–Crippen LogP) is 2.29. The van der Waals surface area contributed by atoms with Crippen molar-refractivity contribution in [1.29, 1.82) is 0 Å². The molecule has 24 heavy (non-hydrogen) atoms. The van der Waals surface area contributed by atoms with Crippen molar-refractivity contribution in [3.8, 4) is 0 Å². The second-order valence-electron chi connectivity index (χ2n) is 6.27. The summed E-state index contributed by atoms with van der Waals surface area (Å²) in [5, 5.41) is 12.1. The molecule has 0 spiro atoms. The Kier molecular flexibility index (Phi) is 6.99. The van der Waals surface area contributed by atoms with Crippen molar-refractivity contribution in [3.05, 3.63) is 35.6 Å². The number of aliphatic hydroxyl groups is 1. The summed E-state index contributed by atoms with van der Waals surface area (Å²) >= 11 is 0. The molecule has 1 aliphatic heterocycles. The van der Waals surface area contributed by atoms with Crippen LogP contribution in [0.4, 0.5) is 9.18 Å². The summed E-state index contributed by atoms with van der Waals surface area (Å²) in [4.78, 5) is 14.0. The van der Waals surface area contributed by atoms with Crippen molar-refractivity contribution < 1.29 is 19.0 Å². The lowest BCUT2D eigenvalue weighted by Crippen LogP contribution is -2.49. The van der Waals surface area contributed by atoms with Crippen LogP contribution in [0.3, 0.4) is 0 Å². The minimum Gasteiger partial charge on any atom is -0.395 e. The van der Waals surface area contributed by atoms with Gasteiger partial charge in [0.2, 0.25) is 0 Å². The molecule has 5 nitrogen and oxygen atoms in total. The normalized spacial score (nSPS) is 16.6. The van der Waals surface area contributed by atoms with Gasteiger partial charge in [0.05, 0.1) is 6.61 Å². The molecule has 0 unspecified atom stereocenters. The number of ether oxygens (including phenoxy) is 1. The van der Waals surface area contributed by atoms with Crippen molar-refractivity contribution in [1.82, 2.24) is 10.2 Å². The molecule has 2 N–H and O–H groups in total. The smallest absolute Gasteiger partial charge is 0.317 e. The van der Waals surface area contributed by atoms with E-state index in [-0.39, 0.29) is 23.9 Å². The molecule has 1 heterocycles. The first-order valence-electron chi connectivity index (χ1n) is 8.59. The molecule has 0 radical (unpaired) electrons. The van der Waals surface area contributed by atoms with Gasteiger partial charge >= 0.3 is 6.03 Å². The summed E-state index contributed by atoms with van der Waals surface area (Å²) < 4.78 is 18.7. The fourth-order valence-corrected chi connectivity index (χ4v) is 3.20. The van der Waals surface area contributed by atoms with Gasteiger partial charge in [0, 0.05) is 38.3 Å². The Bertz CT molecular complexity index is 510. The van der Waals surface area contributed by atoms with Crippen LogP contribution in [-0.2, 0) is 10.2 Å². The van der Waals surface area contributed by atoms with E-state index >= 15 is 0 Å². The maximum Gasteiger partial charge on any atom is 0.317 e. The van der Waals surface area contributed by atoms with E-state index in [2.05, 4.69) is 5.32 Å². The van der Waals surface area contributed by atoms with Gasteiger partial charge < -0.3 is 20.1 Å². The van der Waals surface area contributed by atoms with Crippen LogP contribution in [0.2, 0.25) is 0 Å². The molecule has 0 aromatic heterocycles. The molecule has 134 valence electrons. The van der Waals surface area contributed by atoms with Gasteiger partial charge in [0.1, 0.15) is 5.82 Å². The van der Waals surface area contributed by atoms with Crippen LogP contribution in [-0.4, -0.2) is 55.5 Å². The van der Waals surface area contributed by atoms with E-state index in [9.17, 15) is 9.18 Å². The van der Waals surface area contributed by atoms with Crippen molar-refractivity contribution in [2.45, 2.75) is 31.6 Å². The second-order valence-corrected chi connectivity index (χ2v) is 6.27. The first-order chi connectivity index (χ1) is 11.6. The molecule has 1 saturated heterocycles. The second kappa shape index (κ2) is 8.99. The maximum atomic E-state index is 13.2. The molecule has 1 aromatic rings. The quantitative estimate of drug-likeness (QED) is 0.802. The number of halogens is 1. The number of benzene rings is 1. The Morgan fingerprint density at radius 3 is 2.54 bits per heavy atom. The van der Waals surface area contributed by atoms with Crippen LogP contribution in [0.5, 0.6) is 0 Å². The number of aliphatic hydroxyl groups excluding tert-OH is 1. The van der Waals surface area contributed by atoms with Crippen molar-refractivity contribution in [2.75, 3.05) is 39.5 Å². The number of carbonyl (C=O) groups excluding carboxylic acids is 1. The molecule has 0 atom stereocenters. The molecule has 1 fully saturated rings. The zero-order valence-electron chi connectivity index (χ0n) is 14.3. The Hall–Kier alpha value is -1.66. The monoisotopic (exact) mass is 338 g/mol. The summed E-state index contributed by atoms with van der Waals surface area (Å²) in [7, 11) is 0. The van der Waals surface area contributed by atoms with Gasteiger partial charge in [0.25, 0.3) is 0 Å². The minimum atomic E-state index is -0.262. The molecule has 2 amide bonds. The number of nitrogens with zero attached hydrogens (tertiary/aromatic N) is 1. The molecule has 6 heteroatoms. The number of carbonyl (C=O) groups is 1. The Labute approximate surface area is 142 Å². The van der Waals surface area contributed by atoms with E-state index in [4.69, 9.17) is 9.84 Å². The van der Waals surface area contributed by atoms with E-state index in [0.29, 0.717) is 32.8 Å². The van der Waals surface area contributed by atoms with Crippen LogP contribution in [0.1, 0.15) is 31.7 Å². The van der Waals surface area contributed by atoms with Crippen molar-refractivity contribution in [2.24, 2.45) is 0 Å². The molecular weight excluding hydrogens is 311 g/mol. The minimum absolute atomic E-state index is 0.0512. The molecular formula is C18H27FN2O3. The van der Waals surface area contributed by atoms with Crippen LogP contribution < -0.4 is 5.32 Å². The van der Waals surface area contributed by atoms with Gasteiger partial charge in [-0.1, -0.05) is 19.1 Å². The van der Waals surface area contributed by atoms with Crippen LogP contribution in [0.15, 0.2) is 24.3 Å². The Balaban J connectivity index is 2.08. The summed E-state index contributed by atoms with van der Waals surface area (Å²) in [6, 6.07) is 6.35. The summed E-state index contributed by atoms with van der Waals surface area (Å²) in [5.74, 6) is -0.262. The molecule has 2 rings (SSSR count). The van der Waals surface area contributed by atoms with E-state index in [0.717, 1.165) is 24.8 Å². The average molecular weight is 338 g/mol. The van der Waals surface area contributed by atoms with E-state index in [1.54, 1.807) is 17.0 Å². The fourth-order valence-electron chi connectivity index (χ4n) is 3.20. The zero-order valence-corrected chi connectivity index (χ0v) is 14.3. The lowest BCUT2D eigenvalue weighted by Gasteiger charge is -2.38. The Morgan fingerprint density at radius 2 is 1.96 bits per heavy atom. The van der Waals surface area contributed by atoms with Gasteiger partial charge in [0.15, 0.2) is 0 Å². The topological polar surface area (TPSA) is 61.8 Å². The summed E-state index contributed by atoms with van der Waals surface area (Å²) in [6.07, 6.45) is 2.41. The zero-order chi connectivity index (χ0) is 17.4. The third-order valence-electron chi connectivity index (χ3n) is 4.64. The lowest BCUT2D eigenvalue weighted by atomic mass is 9.74. The van der Waals surface area contributed by atoms with Gasteiger partial charge in [-0.3, -0.25) is 0 Å². The standard InChI is InChI=1S/C18H27FN2O3/c1-2-9-21(10-11-22)17(23)20-14-18(7-12-24-13-8-18)15-3-5-16(19)6-4-15/h3-6,22H,2,7-14H2,1H3,(H,20,23). The van der Waals surface area contributed by atoms with Gasteiger partial charge in [-0.15, -0.1) is 0 Å². The summed E-state index contributed by atoms with van der Waals surface area (Å²) in [6.45, 7) is 4.61. The average Bonchev–Trinajstić information content (AvgIpc) is 2.61. The van der Waals surface area contributed by atoms with E-state index < -0.39 is 0 Å². The first-order valence-corrected chi connectivity index (χ1v) is 8.59. The number of hydrogen-bond donors (Lipinski definition) is 2. The number of rotatable bonds is 7. The van der Waals surface area contributed by atoms with Crippen LogP contribution in [0, 0.1) is 5.82 Å². The van der Waals surface area contributed by atoms with Gasteiger partial charge in [-0.05, 0) is 37.0 Å². The molecule has 0 aliphatic carbocycles. The highest BCUT2D eigenvalue weighted by Gasteiger charge is 2.35. The van der Waals surface area contributed by atoms with E-state index in [1.807, 2.05) is 6.92 Å². The van der Waals surface area contributed by atoms with Crippen LogP contribution in [0.25, 0.3) is 0 Å². The predicted molar refractivity (Wildman–Crippen MR) is 90.5 cm³/mol. The first kappa shape index (κ1) is 18.7. The van der Waals surface area contributed by atoms with Crippen molar-refractivity contribution in [3.63, 3.8) is 0 Å².